The molecule has 0 fully saturated rings. The summed E-state index contributed by atoms with van der Waals surface area (Å²) in [7, 11) is 4.41. The summed E-state index contributed by atoms with van der Waals surface area (Å²) in [5.74, 6) is 0.376. The van der Waals surface area contributed by atoms with E-state index in [-0.39, 0.29) is 35.2 Å². The Balaban J connectivity index is 1.64. The number of para-hydroxylation sites is 1. The highest BCUT2D eigenvalue weighted by Crippen LogP contribution is 2.51. The second-order valence-electron chi connectivity index (χ2n) is 8.04. The highest BCUT2D eigenvalue weighted by atomic mass is 16.5. The van der Waals surface area contributed by atoms with Gasteiger partial charge in [0.1, 0.15) is 17.2 Å². The number of benzene rings is 3. The van der Waals surface area contributed by atoms with Crippen LogP contribution in [0.4, 0.5) is 0 Å². The van der Waals surface area contributed by atoms with E-state index >= 15 is 0 Å². The lowest BCUT2D eigenvalue weighted by Gasteiger charge is -2.27. The zero-order valence-corrected chi connectivity index (χ0v) is 19.3. The maximum Gasteiger partial charge on any atom is 0.312 e. The second kappa shape index (κ2) is 8.72. The number of phenols is 1. The number of esters is 1. The SMILES string of the molecule is COc1ccccc1/C=C1\Oc2c(ccc3c2C(c2cc(OC)c(O)c(OC)c2)CC(=O)O3)C1=O. The maximum atomic E-state index is 13.2. The van der Waals surface area contributed by atoms with Gasteiger partial charge in [0, 0.05) is 17.0 Å². The number of phenolic OH excluding ortho intramolecular Hbond substituents is 1. The molecule has 0 radical (unpaired) electrons. The first-order chi connectivity index (χ1) is 16.9. The standard InChI is InChI=1S/C27H22O8/c1-31-18-7-5-4-6-14(18)10-22-25(29)16-8-9-19-24(27(16)35-22)17(13-23(28)34-19)15-11-20(32-2)26(30)21(12-15)33-3/h4-12,17,30H,13H2,1-3H3/b22-10-. The molecule has 0 bridgehead atoms. The van der Waals surface area contributed by atoms with Crippen molar-refractivity contribution >= 4 is 17.8 Å². The molecule has 178 valence electrons. The molecule has 2 aliphatic rings. The van der Waals surface area contributed by atoms with E-state index in [1.807, 2.05) is 18.2 Å². The van der Waals surface area contributed by atoms with Gasteiger partial charge in [0.15, 0.2) is 17.3 Å². The summed E-state index contributed by atoms with van der Waals surface area (Å²) in [6.07, 6.45) is 1.63. The summed E-state index contributed by atoms with van der Waals surface area (Å²) >= 11 is 0. The van der Waals surface area contributed by atoms with Crippen LogP contribution in [0.1, 0.15) is 39.4 Å². The van der Waals surface area contributed by atoms with Gasteiger partial charge in [-0.1, -0.05) is 18.2 Å². The quantitative estimate of drug-likeness (QED) is 0.328. The maximum absolute atomic E-state index is 13.2. The van der Waals surface area contributed by atoms with Crippen LogP contribution >= 0.6 is 0 Å². The number of fused-ring (bicyclic) bond motifs is 3. The number of carbonyl (C=O) groups excluding carboxylic acids is 2. The van der Waals surface area contributed by atoms with Crippen LogP contribution in [-0.4, -0.2) is 38.2 Å². The Morgan fingerprint density at radius 1 is 0.914 bits per heavy atom. The molecule has 1 unspecified atom stereocenters. The van der Waals surface area contributed by atoms with Gasteiger partial charge in [-0.15, -0.1) is 0 Å². The zero-order chi connectivity index (χ0) is 24.7. The molecular formula is C27H22O8. The van der Waals surface area contributed by atoms with Crippen molar-refractivity contribution in [1.29, 1.82) is 0 Å². The van der Waals surface area contributed by atoms with Crippen molar-refractivity contribution in [1.82, 2.24) is 0 Å². The number of ether oxygens (including phenoxy) is 5. The highest BCUT2D eigenvalue weighted by Gasteiger charge is 2.39. The topological polar surface area (TPSA) is 101 Å². The van der Waals surface area contributed by atoms with Gasteiger partial charge in [-0.2, -0.15) is 0 Å². The molecule has 0 amide bonds. The van der Waals surface area contributed by atoms with Gasteiger partial charge in [0.05, 0.1) is 33.3 Å². The smallest absolute Gasteiger partial charge is 0.312 e. The normalized spacial score (nSPS) is 17.3. The van der Waals surface area contributed by atoms with Gasteiger partial charge in [-0.05, 0) is 42.0 Å². The number of aromatic hydroxyl groups is 1. The van der Waals surface area contributed by atoms with Crippen LogP contribution in [0.5, 0.6) is 34.5 Å². The first kappa shape index (κ1) is 22.3. The Morgan fingerprint density at radius 2 is 1.60 bits per heavy atom. The average molecular weight is 474 g/mol. The summed E-state index contributed by atoms with van der Waals surface area (Å²) in [4.78, 5) is 25.7. The fraction of sp³-hybridized carbons (Fsp3) is 0.185. The molecule has 1 atom stereocenters. The molecule has 0 aromatic heterocycles. The van der Waals surface area contributed by atoms with E-state index < -0.39 is 11.9 Å². The monoisotopic (exact) mass is 474 g/mol. The molecule has 3 aromatic carbocycles. The van der Waals surface area contributed by atoms with Gasteiger partial charge in [0.25, 0.3) is 0 Å². The average Bonchev–Trinajstić information content (AvgIpc) is 3.18. The van der Waals surface area contributed by atoms with Crippen LogP contribution in [0.15, 0.2) is 54.3 Å². The predicted molar refractivity (Wildman–Crippen MR) is 126 cm³/mol. The molecule has 2 aliphatic heterocycles. The lowest BCUT2D eigenvalue weighted by molar-refractivity contribution is -0.135. The van der Waals surface area contributed by atoms with Crippen molar-refractivity contribution in [3.63, 3.8) is 0 Å². The summed E-state index contributed by atoms with van der Waals surface area (Å²) < 4.78 is 27.6. The number of hydrogen-bond acceptors (Lipinski definition) is 8. The Hall–Kier alpha value is -4.46. The second-order valence-corrected chi connectivity index (χ2v) is 8.04. The summed E-state index contributed by atoms with van der Waals surface area (Å²) in [5, 5.41) is 10.3. The van der Waals surface area contributed by atoms with Crippen molar-refractivity contribution in [3.05, 3.63) is 76.5 Å². The van der Waals surface area contributed by atoms with Crippen molar-refractivity contribution in [2.45, 2.75) is 12.3 Å². The first-order valence-electron chi connectivity index (χ1n) is 10.8. The van der Waals surface area contributed by atoms with Crippen LogP contribution in [0.3, 0.4) is 0 Å². The molecule has 8 nitrogen and oxygen atoms in total. The van der Waals surface area contributed by atoms with Crippen LogP contribution in [0.25, 0.3) is 6.08 Å². The summed E-state index contributed by atoms with van der Waals surface area (Å²) in [5.41, 5.74) is 2.26. The van der Waals surface area contributed by atoms with Gasteiger partial charge in [-0.3, -0.25) is 9.59 Å². The summed E-state index contributed by atoms with van der Waals surface area (Å²) in [6, 6.07) is 13.7. The molecule has 5 rings (SSSR count). The number of methoxy groups -OCH3 is 3. The molecule has 0 aliphatic carbocycles. The first-order valence-corrected chi connectivity index (χ1v) is 10.8. The van der Waals surface area contributed by atoms with Gasteiger partial charge in [0.2, 0.25) is 11.5 Å². The van der Waals surface area contributed by atoms with Gasteiger partial charge < -0.3 is 28.8 Å². The van der Waals surface area contributed by atoms with Crippen molar-refractivity contribution in [2.75, 3.05) is 21.3 Å². The number of ketones is 1. The molecule has 35 heavy (non-hydrogen) atoms. The van der Waals surface area contributed by atoms with Crippen molar-refractivity contribution in [2.24, 2.45) is 0 Å². The fourth-order valence-corrected chi connectivity index (χ4v) is 4.43. The number of Topliss-reactive ketones (excluding diaryl/α,β-unsaturated/α-hetero) is 1. The minimum Gasteiger partial charge on any atom is -0.502 e. The van der Waals surface area contributed by atoms with E-state index in [2.05, 4.69) is 0 Å². The molecule has 0 saturated heterocycles. The fourth-order valence-electron chi connectivity index (χ4n) is 4.43. The van der Waals surface area contributed by atoms with E-state index in [9.17, 15) is 14.7 Å². The molecule has 8 heteroatoms. The van der Waals surface area contributed by atoms with Crippen LogP contribution < -0.4 is 23.7 Å². The third kappa shape index (κ3) is 3.73. The third-order valence-electron chi connectivity index (χ3n) is 6.11. The van der Waals surface area contributed by atoms with Gasteiger partial charge >= 0.3 is 5.97 Å². The van der Waals surface area contributed by atoms with Crippen LogP contribution in [0, 0.1) is 0 Å². The number of rotatable bonds is 5. The van der Waals surface area contributed by atoms with E-state index in [0.717, 1.165) is 0 Å². The Labute approximate surface area is 201 Å². The number of carbonyl (C=O) groups is 2. The van der Waals surface area contributed by atoms with Crippen molar-refractivity contribution < 1.29 is 38.4 Å². The Morgan fingerprint density at radius 3 is 2.29 bits per heavy atom. The van der Waals surface area contributed by atoms with E-state index in [4.69, 9.17) is 23.7 Å². The lowest BCUT2D eigenvalue weighted by Crippen LogP contribution is -2.21. The molecular weight excluding hydrogens is 452 g/mol. The molecule has 0 spiro atoms. The Kier molecular flexibility index (Phi) is 5.56. The number of hydrogen-bond donors (Lipinski definition) is 1. The minimum atomic E-state index is -0.525. The van der Waals surface area contributed by atoms with Gasteiger partial charge in [-0.25, -0.2) is 0 Å². The van der Waals surface area contributed by atoms with Crippen LogP contribution in [0.2, 0.25) is 0 Å². The van der Waals surface area contributed by atoms with E-state index in [1.54, 1.807) is 43.5 Å². The third-order valence-corrected chi connectivity index (χ3v) is 6.11. The predicted octanol–water partition coefficient (Wildman–Crippen LogP) is 4.48. The van der Waals surface area contributed by atoms with E-state index in [0.29, 0.717) is 39.5 Å². The molecule has 3 aromatic rings. The largest absolute Gasteiger partial charge is 0.502 e. The zero-order valence-electron chi connectivity index (χ0n) is 19.3. The van der Waals surface area contributed by atoms with E-state index in [1.165, 1.54) is 14.2 Å². The highest BCUT2D eigenvalue weighted by molar-refractivity contribution is 6.15. The van der Waals surface area contributed by atoms with Crippen molar-refractivity contribution in [3.8, 4) is 34.5 Å². The number of allylic oxidation sites excluding steroid dienone is 1. The summed E-state index contributed by atoms with van der Waals surface area (Å²) in [6.45, 7) is 0. The molecule has 2 heterocycles. The minimum absolute atomic E-state index is 0.00361. The Bertz CT molecular complexity index is 1360. The van der Waals surface area contributed by atoms with Crippen LogP contribution in [-0.2, 0) is 4.79 Å². The lowest BCUT2D eigenvalue weighted by atomic mass is 9.84. The molecule has 0 saturated carbocycles. The molecule has 1 N–H and O–H groups in total.